The van der Waals surface area contributed by atoms with Gasteiger partial charge in [0.25, 0.3) is 0 Å². The Kier molecular flexibility index (Phi) is 7.26. The Morgan fingerprint density at radius 2 is 1.29 bits per heavy atom. The summed E-state index contributed by atoms with van der Waals surface area (Å²) in [7, 11) is 0. The maximum absolute atomic E-state index is 2.67. The summed E-state index contributed by atoms with van der Waals surface area (Å²) in [5.41, 5.74) is 0. The van der Waals surface area contributed by atoms with Crippen molar-refractivity contribution in [3.8, 4) is 0 Å². The zero-order valence-electron chi connectivity index (χ0n) is 8.10. The van der Waals surface area contributed by atoms with E-state index >= 15 is 0 Å². The summed E-state index contributed by atoms with van der Waals surface area (Å²) in [6.45, 7) is 4.17. The Morgan fingerprint density at radius 1 is 0.643 bits per heavy atom. The van der Waals surface area contributed by atoms with Crippen LogP contribution in [0.25, 0.3) is 0 Å². The second-order valence-corrected chi connectivity index (χ2v) is 4.49. The lowest BCUT2D eigenvalue weighted by atomic mass is 9.90. The van der Waals surface area contributed by atoms with E-state index in [4.69, 9.17) is 0 Å². The highest BCUT2D eigenvalue weighted by atomic mass is 15.1. The van der Waals surface area contributed by atoms with E-state index in [1.807, 2.05) is 0 Å². The molecule has 86 valence electrons. The summed E-state index contributed by atoms with van der Waals surface area (Å²) in [5.74, 6) is 1.08. The molecule has 0 saturated carbocycles. The molecule has 1 heteroatoms. The molecule has 3 saturated heterocycles. The van der Waals surface area contributed by atoms with Crippen LogP contribution < -0.4 is 0 Å². The lowest BCUT2D eigenvalue weighted by Crippen LogP contribution is -2.34. The smallest absolute Gasteiger partial charge is 0.00161 e. The van der Waals surface area contributed by atoms with E-state index in [9.17, 15) is 0 Å². The van der Waals surface area contributed by atoms with Crippen molar-refractivity contribution in [3.63, 3.8) is 0 Å². The Morgan fingerprint density at radius 3 is 2.00 bits per heavy atom. The largest absolute Gasteiger partial charge is 0.303 e. The predicted octanol–water partition coefficient (Wildman–Crippen LogP) is 3.93. The first-order valence-corrected chi connectivity index (χ1v) is 5.67. The molecule has 14 heavy (non-hydrogen) atoms. The van der Waals surface area contributed by atoms with Crippen molar-refractivity contribution in [1.29, 1.82) is 0 Å². The molecule has 3 aliphatic rings. The molecular formula is C13H29N. The zero-order chi connectivity index (χ0) is 8.23. The van der Waals surface area contributed by atoms with Gasteiger partial charge in [0.05, 0.1) is 0 Å². The van der Waals surface area contributed by atoms with Crippen LogP contribution in [0.3, 0.4) is 0 Å². The van der Waals surface area contributed by atoms with Crippen LogP contribution in [0.4, 0.5) is 0 Å². The van der Waals surface area contributed by atoms with Gasteiger partial charge < -0.3 is 4.90 Å². The van der Waals surface area contributed by atoms with Gasteiger partial charge in [-0.15, -0.1) is 0 Å². The standard InChI is InChI=1S/C11H21N.2CH4/c1-2-4-8-12-9-6-11(5-3-1)7-10-12;;/h11H,1-10H2;2*1H4. The molecule has 0 amide bonds. The minimum Gasteiger partial charge on any atom is -0.303 e. The van der Waals surface area contributed by atoms with E-state index in [2.05, 4.69) is 4.90 Å². The minimum absolute atomic E-state index is 0. The highest BCUT2D eigenvalue weighted by Crippen LogP contribution is 2.24. The number of fused-ring (bicyclic) bond motifs is 7. The van der Waals surface area contributed by atoms with Crippen LogP contribution >= 0.6 is 0 Å². The lowest BCUT2D eigenvalue weighted by molar-refractivity contribution is 0.167. The fourth-order valence-corrected chi connectivity index (χ4v) is 2.62. The number of hydrogen-bond donors (Lipinski definition) is 0. The summed E-state index contributed by atoms with van der Waals surface area (Å²) in [5, 5.41) is 0. The van der Waals surface area contributed by atoms with Gasteiger partial charge in [-0.25, -0.2) is 0 Å². The molecule has 0 N–H and O–H groups in total. The van der Waals surface area contributed by atoms with Crippen LogP contribution in [-0.2, 0) is 0 Å². The van der Waals surface area contributed by atoms with Gasteiger partial charge >= 0.3 is 0 Å². The van der Waals surface area contributed by atoms with Gasteiger partial charge in [0, 0.05) is 0 Å². The third-order valence-corrected chi connectivity index (χ3v) is 3.54. The molecule has 3 aliphatic heterocycles. The van der Waals surface area contributed by atoms with Crippen molar-refractivity contribution in [1.82, 2.24) is 4.90 Å². The molecule has 0 atom stereocenters. The number of piperidine rings is 1. The van der Waals surface area contributed by atoms with Crippen LogP contribution in [0.2, 0.25) is 0 Å². The van der Waals surface area contributed by atoms with Gasteiger partial charge in [0.2, 0.25) is 0 Å². The third-order valence-electron chi connectivity index (χ3n) is 3.54. The van der Waals surface area contributed by atoms with Gasteiger partial charge in [-0.1, -0.05) is 40.5 Å². The summed E-state index contributed by atoms with van der Waals surface area (Å²) in [6, 6.07) is 0. The molecule has 3 fully saturated rings. The van der Waals surface area contributed by atoms with Crippen LogP contribution in [0.15, 0.2) is 0 Å². The average Bonchev–Trinajstić information content (AvgIpc) is 2.16. The van der Waals surface area contributed by atoms with E-state index in [0.717, 1.165) is 5.92 Å². The Hall–Kier alpha value is -0.0400. The summed E-state index contributed by atoms with van der Waals surface area (Å²) >= 11 is 0. The van der Waals surface area contributed by atoms with E-state index in [1.165, 1.54) is 64.6 Å². The molecular weight excluding hydrogens is 170 g/mol. The van der Waals surface area contributed by atoms with Crippen LogP contribution in [0.1, 0.15) is 59.8 Å². The fourth-order valence-electron chi connectivity index (χ4n) is 2.62. The maximum Gasteiger partial charge on any atom is -0.00161 e. The minimum atomic E-state index is 0. The van der Waals surface area contributed by atoms with Crippen molar-refractivity contribution < 1.29 is 0 Å². The van der Waals surface area contributed by atoms with Crippen molar-refractivity contribution >= 4 is 0 Å². The van der Waals surface area contributed by atoms with Crippen molar-refractivity contribution in [2.75, 3.05) is 19.6 Å². The van der Waals surface area contributed by atoms with Crippen LogP contribution in [0, 0.1) is 5.92 Å². The molecule has 0 aliphatic carbocycles. The summed E-state index contributed by atoms with van der Waals surface area (Å²) in [4.78, 5) is 2.67. The quantitative estimate of drug-likeness (QED) is 0.571. The summed E-state index contributed by atoms with van der Waals surface area (Å²) in [6.07, 6.45) is 10.4. The Bertz CT molecular complexity index is 104. The van der Waals surface area contributed by atoms with Gasteiger partial charge in [-0.3, -0.25) is 0 Å². The molecule has 3 heterocycles. The van der Waals surface area contributed by atoms with Gasteiger partial charge in [0.15, 0.2) is 0 Å². The molecule has 0 spiro atoms. The van der Waals surface area contributed by atoms with Crippen molar-refractivity contribution in [2.24, 2.45) is 5.92 Å². The Labute approximate surface area is 90.9 Å². The fraction of sp³-hybridized carbons (Fsp3) is 1.00. The SMILES string of the molecule is C.C.C1CCCN2CCC(CC1)CC2. The molecule has 0 unspecified atom stereocenters. The van der Waals surface area contributed by atoms with E-state index in [1.54, 1.807) is 0 Å². The molecule has 0 aromatic heterocycles. The number of hydrogen-bond acceptors (Lipinski definition) is 1. The zero-order valence-corrected chi connectivity index (χ0v) is 8.10. The molecule has 2 bridgehead atoms. The molecule has 0 aromatic carbocycles. The van der Waals surface area contributed by atoms with Gasteiger partial charge in [-0.05, 0) is 44.8 Å². The molecule has 0 radical (unpaired) electrons. The number of nitrogens with zero attached hydrogens (tertiary/aromatic N) is 1. The highest BCUT2D eigenvalue weighted by molar-refractivity contribution is 4.73. The highest BCUT2D eigenvalue weighted by Gasteiger charge is 2.19. The third kappa shape index (κ3) is 4.00. The van der Waals surface area contributed by atoms with Crippen molar-refractivity contribution in [3.05, 3.63) is 0 Å². The predicted molar refractivity (Wildman–Crippen MR) is 65.7 cm³/mol. The normalized spacial score (nSPS) is 32.6. The second kappa shape index (κ2) is 7.28. The van der Waals surface area contributed by atoms with E-state index in [-0.39, 0.29) is 14.9 Å². The number of rotatable bonds is 0. The maximum atomic E-state index is 2.67. The van der Waals surface area contributed by atoms with Crippen molar-refractivity contribution in [2.45, 2.75) is 59.8 Å². The van der Waals surface area contributed by atoms with E-state index in [0.29, 0.717) is 0 Å². The first-order chi connectivity index (χ1) is 5.95. The van der Waals surface area contributed by atoms with Gasteiger partial charge in [0.1, 0.15) is 0 Å². The molecule has 3 rings (SSSR count). The Balaban J connectivity index is 0.000000845. The summed E-state index contributed by atoms with van der Waals surface area (Å²) < 4.78 is 0. The first kappa shape index (κ1) is 14.0. The van der Waals surface area contributed by atoms with Crippen LogP contribution in [0.5, 0.6) is 0 Å². The first-order valence-electron chi connectivity index (χ1n) is 5.67. The average molecular weight is 199 g/mol. The molecule has 0 aromatic rings. The molecule has 1 nitrogen and oxygen atoms in total. The topological polar surface area (TPSA) is 3.24 Å². The monoisotopic (exact) mass is 199 g/mol. The second-order valence-electron chi connectivity index (χ2n) is 4.49. The van der Waals surface area contributed by atoms with Crippen LogP contribution in [-0.4, -0.2) is 24.5 Å². The van der Waals surface area contributed by atoms with Gasteiger partial charge in [-0.2, -0.15) is 0 Å². The lowest BCUT2D eigenvalue weighted by Gasteiger charge is -2.33. The van der Waals surface area contributed by atoms with E-state index < -0.39 is 0 Å².